The van der Waals surface area contributed by atoms with E-state index in [-0.39, 0.29) is 6.10 Å². The number of aliphatic hydroxyl groups is 1. The third-order valence-electron chi connectivity index (χ3n) is 3.55. The number of benzene rings is 1. The van der Waals surface area contributed by atoms with Crippen LogP contribution < -0.4 is 4.74 Å². The van der Waals surface area contributed by atoms with Crippen LogP contribution in [0.15, 0.2) is 24.3 Å². The average Bonchev–Trinajstić information content (AvgIpc) is 2.71. The Kier molecular flexibility index (Phi) is 5.66. The molecule has 0 aliphatic carbocycles. The Hall–Kier alpha value is -0.810. The number of likely N-dealkylation sites (N-methyl/N-ethyl adjacent to an activating group) is 1. The molecular formula is C15H23ClN2O2. The van der Waals surface area contributed by atoms with Crippen molar-refractivity contribution in [3.63, 3.8) is 0 Å². The summed E-state index contributed by atoms with van der Waals surface area (Å²) in [6, 6.07) is 7.90. The second kappa shape index (κ2) is 7.27. The first-order chi connectivity index (χ1) is 9.56. The van der Waals surface area contributed by atoms with Gasteiger partial charge in [0.15, 0.2) is 0 Å². The van der Waals surface area contributed by atoms with E-state index in [1.165, 1.54) is 0 Å². The summed E-state index contributed by atoms with van der Waals surface area (Å²) in [7, 11) is 4.12. The number of β-amino-alcohol motifs (C(OH)–C–C–N with tert-alkyl or cyclic N) is 1. The molecule has 1 aliphatic heterocycles. The van der Waals surface area contributed by atoms with E-state index >= 15 is 0 Å². The number of hydrogen-bond donors (Lipinski definition) is 1. The second-order valence-electron chi connectivity index (χ2n) is 5.58. The number of ether oxygens (including phenoxy) is 1. The molecule has 0 saturated carbocycles. The van der Waals surface area contributed by atoms with Gasteiger partial charge in [-0.3, -0.25) is 4.90 Å². The van der Waals surface area contributed by atoms with Gasteiger partial charge in [0.25, 0.3) is 0 Å². The molecule has 112 valence electrons. The predicted octanol–water partition coefficient (Wildman–Crippen LogP) is 1.72. The summed E-state index contributed by atoms with van der Waals surface area (Å²) in [6.45, 7) is 3.08. The Balaban J connectivity index is 1.82. The van der Waals surface area contributed by atoms with E-state index in [1.54, 1.807) is 0 Å². The zero-order valence-electron chi connectivity index (χ0n) is 12.1. The summed E-state index contributed by atoms with van der Waals surface area (Å²) in [4.78, 5) is 4.45. The third kappa shape index (κ3) is 4.35. The predicted molar refractivity (Wildman–Crippen MR) is 81.5 cm³/mol. The van der Waals surface area contributed by atoms with Gasteiger partial charge in [0, 0.05) is 25.7 Å². The molecule has 1 saturated heterocycles. The third-order valence-corrected chi connectivity index (χ3v) is 3.87. The molecule has 5 heteroatoms. The lowest BCUT2D eigenvalue weighted by molar-refractivity contribution is 0.155. The van der Waals surface area contributed by atoms with Crippen molar-refractivity contribution in [2.45, 2.75) is 18.6 Å². The number of aliphatic hydroxyl groups excluding tert-OH is 1. The number of likely N-dealkylation sites (tertiary alicyclic amines) is 1. The number of para-hydroxylation sites is 1. The highest BCUT2D eigenvalue weighted by Gasteiger charge is 2.30. The molecule has 2 rings (SSSR count). The van der Waals surface area contributed by atoms with Crippen molar-refractivity contribution in [1.29, 1.82) is 0 Å². The number of rotatable bonds is 6. The summed E-state index contributed by atoms with van der Waals surface area (Å²) >= 11 is 6.06. The summed E-state index contributed by atoms with van der Waals surface area (Å²) in [5, 5.41) is 10.5. The first kappa shape index (κ1) is 15.6. The normalized spacial score (nSPS) is 23.4. The van der Waals surface area contributed by atoms with E-state index in [0.717, 1.165) is 31.8 Å². The van der Waals surface area contributed by atoms with Gasteiger partial charge in [-0.05, 0) is 32.6 Å². The van der Waals surface area contributed by atoms with Gasteiger partial charge in [0.1, 0.15) is 12.4 Å². The van der Waals surface area contributed by atoms with Gasteiger partial charge in [0.2, 0.25) is 0 Å². The molecule has 1 aromatic carbocycles. The SMILES string of the molecule is CN(C)CC1CC(O)CN1CCOc1ccccc1Cl. The fraction of sp³-hybridized carbons (Fsp3) is 0.600. The van der Waals surface area contributed by atoms with Crippen molar-refractivity contribution in [2.75, 3.05) is 40.3 Å². The van der Waals surface area contributed by atoms with Gasteiger partial charge in [0.05, 0.1) is 11.1 Å². The van der Waals surface area contributed by atoms with E-state index in [2.05, 4.69) is 23.9 Å². The van der Waals surface area contributed by atoms with Crippen LogP contribution in [0.5, 0.6) is 5.75 Å². The molecule has 20 heavy (non-hydrogen) atoms. The quantitative estimate of drug-likeness (QED) is 0.867. The summed E-state index contributed by atoms with van der Waals surface area (Å²) in [5.74, 6) is 0.720. The van der Waals surface area contributed by atoms with E-state index in [4.69, 9.17) is 16.3 Å². The zero-order valence-corrected chi connectivity index (χ0v) is 12.9. The smallest absolute Gasteiger partial charge is 0.137 e. The Bertz CT molecular complexity index is 428. The van der Waals surface area contributed by atoms with E-state index in [9.17, 15) is 5.11 Å². The molecule has 1 fully saturated rings. The van der Waals surface area contributed by atoms with Crippen LogP contribution in [0, 0.1) is 0 Å². The molecule has 1 aromatic rings. The monoisotopic (exact) mass is 298 g/mol. The van der Waals surface area contributed by atoms with Gasteiger partial charge in [-0.2, -0.15) is 0 Å². The summed E-state index contributed by atoms with van der Waals surface area (Å²) in [5.41, 5.74) is 0. The van der Waals surface area contributed by atoms with Gasteiger partial charge in [-0.25, -0.2) is 0 Å². The zero-order chi connectivity index (χ0) is 14.5. The van der Waals surface area contributed by atoms with Crippen LogP contribution in [0.4, 0.5) is 0 Å². The van der Waals surface area contributed by atoms with Gasteiger partial charge >= 0.3 is 0 Å². The first-order valence-corrected chi connectivity index (χ1v) is 7.38. The number of hydrogen-bond acceptors (Lipinski definition) is 4. The van der Waals surface area contributed by atoms with Gasteiger partial charge < -0.3 is 14.7 Å². The molecule has 1 aliphatic rings. The Morgan fingerprint density at radius 1 is 1.40 bits per heavy atom. The highest BCUT2D eigenvalue weighted by atomic mass is 35.5. The maximum absolute atomic E-state index is 9.82. The van der Waals surface area contributed by atoms with Gasteiger partial charge in [-0.15, -0.1) is 0 Å². The maximum atomic E-state index is 9.82. The van der Waals surface area contributed by atoms with E-state index < -0.39 is 0 Å². The van der Waals surface area contributed by atoms with Crippen LogP contribution in [0.1, 0.15) is 6.42 Å². The molecule has 0 bridgehead atoms. The second-order valence-corrected chi connectivity index (χ2v) is 5.99. The lowest BCUT2D eigenvalue weighted by atomic mass is 10.2. The van der Waals surface area contributed by atoms with Gasteiger partial charge in [-0.1, -0.05) is 23.7 Å². The molecule has 0 aromatic heterocycles. The summed E-state index contributed by atoms with van der Waals surface area (Å²) < 4.78 is 5.72. The lowest BCUT2D eigenvalue weighted by Crippen LogP contribution is -2.39. The number of nitrogens with zero attached hydrogens (tertiary/aromatic N) is 2. The van der Waals surface area contributed by atoms with Crippen molar-refractivity contribution >= 4 is 11.6 Å². The highest BCUT2D eigenvalue weighted by molar-refractivity contribution is 6.32. The van der Waals surface area contributed by atoms with Crippen LogP contribution >= 0.6 is 11.6 Å². The molecular weight excluding hydrogens is 276 g/mol. The van der Waals surface area contributed by atoms with Crippen molar-refractivity contribution in [1.82, 2.24) is 9.80 Å². The highest BCUT2D eigenvalue weighted by Crippen LogP contribution is 2.23. The van der Waals surface area contributed by atoms with Crippen molar-refractivity contribution in [3.05, 3.63) is 29.3 Å². The lowest BCUT2D eigenvalue weighted by Gasteiger charge is -2.26. The number of halogens is 1. The van der Waals surface area contributed by atoms with Crippen molar-refractivity contribution < 1.29 is 9.84 Å². The topological polar surface area (TPSA) is 35.9 Å². The largest absolute Gasteiger partial charge is 0.491 e. The molecule has 1 N–H and O–H groups in total. The van der Waals surface area contributed by atoms with Crippen LogP contribution in [-0.4, -0.2) is 67.4 Å². The minimum absolute atomic E-state index is 0.222. The summed E-state index contributed by atoms with van der Waals surface area (Å²) in [6.07, 6.45) is 0.616. The molecule has 2 atom stereocenters. The fourth-order valence-corrected chi connectivity index (χ4v) is 2.87. The van der Waals surface area contributed by atoms with E-state index in [0.29, 0.717) is 17.7 Å². The van der Waals surface area contributed by atoms with Crippen LogP contribution in [0.3, 0.4) is 0 Å². The standard InChI is InChI=1S/C15H23ClN2O2/c1-17(2)10-12-9-13(19)11-18(12)7-8-20-15-6-4-3-5-14(15)16/h3-6,12-13,19H,7-11H2,1-2H3. The Morgan fingerprint density at radius 2 is 2.15 bits per heavy atom. The molecule has 0 amide bonds. The van der Waals surface area contributed by atoms with Crippen LogP contribution in [-0.2, 0) is 0 Å². The molecule has 1 heterocycles. The molecule has 0 radical (unpaired) electrons. The van der Waals surface area contributed by atoms with Crippen LogP contribution in [0.2, 0.25) is 5.02 Å². The Morgan fingerprint density at radius 3 is 2.85 bits per heavy atom. The average molecular weight is 299 g/mol. The minimum Gasteiger partial charge on any atom is -0.491 e. The van der Waals surface area contributed by atoms with Crippen molar-refractivity contribution in [2.24, 2.45) is 0 Å². The first-order valence-electron chi connectivity index (χ1n) is 7.00. The fourth-order valence-electron chi connectivity index (χ4n) is 2.68. The minimum atomic E-state index is -0.222. The Labute approximate surface area is 125 Å². The molecule has 2 unspecified atom stereocenters. The molecule has 0 spiro atoms. The molecule has 4 nitrogen and oxygen atoms in total. The maximum Gasteiger partial charge on any atom is 0.137 e. The van der Waals surface area contributed by atoms with E-state index in [1.807, 2.05) is 24.3 Å². The van der Waals surface area contributed by atoms with Crippen LogP contribution in [0.25, 0.3) is 0 Å². The van der Waals surface area contributed by atoms with Crippen molar-refractivity contribution in [3.8, 4) is 5.75 Å².